The molecular weight excluding hydrogens is 415 g/mol. The second-order valence-corrected chi connectivity index (χ2v) is 8.18. The van der Waals surface area contributed by atoms with E-state index in [4.69, 9.17) is 11.6 Å². The van der Waals surface area contributed by atoms with E-state index in [0.717, 1.165) is 4.70 Å². The predicted octanol–water partition coefficient (Wildman–Crippen LogP) is 3.96. The number of thiazole rings is 1. The third-order valence-electron chi connectivity index (χ3n) is 4.94. The standard InChI is InChI=1S/C19H14ClFN6OS/c1-10-16-24-25-17(18-23-15-14(29-18)8-12(20)9-22-15)27(16)7-6-26(10)19(28)11-2-4-13(21)5-3-11/h2-5,8-10H,6-7H2,1H3. The summed E-state index contributed by atoms with van der Waals surface area (Å²) in [4.78, 5) is 23.4. The van der Waals surface area contributed by atoms with Gasteiger partial charge in [0.2, 0.25) is 0 Å². The molecule has 5 rings (SSSR count). The van der Waals surface area contributed by atoms with Crippen molar-refractivity contribution in [1.82, 2.24) is 29.6 Å². The zero-order valence-electron chi connectivity index (χ0n) is 15.2. The lowest BCUT2D eigenvalue weighted by Crippen LogP contribution is -2.41. The van der Waals surface area contributed by atoms with Gasteiger partial charge in [-0.25, -0.2) is 14.4 Å². The molecule has 1 amide bonds. The minimum Gasteiger partial charge on any atom is -0.327 e. The fourth-order valence-electron chi connectivity index (χ4n) is 3.47. The molecule has 1 aromatic carbocycles. The SMILES string of the molecule is CC1c2nnc(-c3nc4ncc(Cl)cc4s3)n2CCN1C(=O)c1ccc(F)cc1. The highest BCUT2D eigenvalue weighted by atomic mass is 35.5. The molecule has 0 radical (unpaired) electrons. The predicted molar refractivity (Wildman–Crippen MR) is 107 cm³/mol. The normalized spacial score (nSPS) is 16.2. The number of benzene rings is 1. The van der Waals surface area contributed by atoms with Gasteiger partial charge in [0.15, 0.2) is 22.3 Å². The maximum Gasteiger partial charge on any atom is 0.254 e. The van der Waals surface area contributed by atoms with Crippen LogP contribution in [0.2, 0.25) is 5.02 Å². The molecule has 0 bridgehead atoms. The Morgan fingerprint density at radius 2 is 2.03 bits per heavy atom. The van der Waals surface area contributed by atoms with E-state index in [1.807, 2.05) is 17.6 Å². The van der Waals surface area contributed by atoms with Crippen LogP contribution >= 0.6 is 22.9 Å². The molecule has 0 spiro atoms. The number of nitrogens with zero attached hydrogens (tertiary/aromatic N) is 6. The van der Waals surface area contributed by atoms with E-state index in [2.05, 4.69) is 20.2 Å². The second-order valence-electron chi connectivity index (χ2n) is 6.71. The van der Waals surface area contributed by atoms with Crippen LogP contribution < -0.4 is 0 Å². The molecule has 1 aliphatic rings. The number of carbonyl (C=O) groups is 1. The van der Waals surface area contributed by atoms with Crippen molar-refractivity contribution in [2.24, 2.45) is 0 Å². The van der Waals surface area contributed by atoms with Gasteiger partial charge in [-0.2, -0.15) is 0 Å². The van der Waals surface area contributed by atoms with Gasteiger partial charge in [0.05, 0.1) is 15.8 Å². The van der Waals surface area contributed by atoms with Crippen LogP contribution in [0.5, 0.6) is 0 Å². The van der Waals surface area contributed by atoms with Crippen molar-refractivity contribution in [2.75, 3.05) is 6.54 Å². The average Bonchev–Trinajstić information content (AvgIpc) is 3.32. The molecule has 3 aromatic heterocycles. The first-order valence-corrected chi connectivity index (χ1v) is 10.1. The molecule has 1 atom stereocenters. The lowest BCUT2D eigenvalue weighted by Gasteiger charge is -2.33. The Morgan fingerprint density at radius 3 is 2.83 bits per heavy atom. The van der Waals surface area contributed by atoms with Crippen LogP contribution in [0.3, 0.4) is 0 Å². The van der Waals surface area contributed by atoms with E-state index in [-0.39, 0.29) is 17.8 Å². The van der Waals surface area contributed by atoms with Crippen LogP contribution in [-0.4, -0.2) is 42.1 Å². The van der Waals surface area contributed by atoms with Crippen molar-refractivity contribution in [2.45, 2.75) is 19.5 Å². The highest BCUT2D eigenvalue weighted by molar-refractivity contribution is 7.21. The number of rotatable bonds is 2. The van der Waals surface area contributed by atoms with Gasteiger partial charge in [-0.15, -0.1) is 21.5 Å². The molecule has 146 valence electrons. The molecule has 0 aliphatic carbocycles. The largest absolute Gasteiger partial charge is 0.327 e. The summed E-state index contributed by atoms with van der Waals surface area (Å²) in [5.74, 6) is 0.809. The molecule has 1 unspecified atom stereocenters. The Labute approximate surface area is 173 Å². The van der Waals surface area contributed by atoms with Crippen LogP contribution in [0.1, 0.15) is 29.1 Å². The van der Waals surface area contributed by atoms with Gasteiger partial charge in [-0.3, -0.25) is 4.79 Å². The van der Waals surface area contributed by atoms with Gasteiger partial charge >= 0.3 is 0 Å². The molecule has 7 nitrogen and oxygen atoms in total. The van der Waals surface area contributed by atoms with Crippen molar-refractivity contribution in [3.63, 3.8) is 0 Å². The molecule has 0 N–H and O–H groups in total. The number of hydrogen-bond acceptors (Lipinski definition) is 6. The first-order chi connectivity index (χ1) is 14.0. The first-order valence-electron chi connectivity index (χ1n) is 8.93. The zero-order chi connectivity index (χ0) is 20.1. The molecule has 4 heterocycles. The number of hydrogen-bond donors (Lipinski definition) is 0. The van der Waals surface area contributed by atoms with Crippen molar-refractivity contribution in [1.29, 1.82) is 0 Å². The summed E-state index contributed by atoms with van der Waals surface area (Å²) in [5.41, 5.74) is 1.06. The monoisotopic (exact) mass is 428 g/mol. The Kier molecular flexibility index (Phi) is 4.29. The maximum atomic E-state index is 13.2. The molecule has 10 heteroatoms. The van der Waals surface area contributed by atoms with Gasteiger partial charge < -0.3 is 9.47 Å². The Morgan fingerprint density at radius 1 is 1.24 bits per heavy atom. The number of aromatic nitrogens is 5. The van der Waals surface area contributed by atoms with E-state index < -0.39 is 0 Å². The van der Waals surface area contributed by atoms with Gasteiger partial charge in [0, 0.05) is 24.8 Å². The molecule has 4 aromatic rings. The third kappa shape index (κ3) is 3.06. The second kappa shape index (κ2) is 6.85. The van der Waals surface area contributed by atoms with Crippen molar-refractivity contribution < 1.29 is 9.18 Å². The highest BCUT2D eigenvalue weighted by Crippen LogP contribution is 2.33. The maximum absolute atomic E-state index is 13.2. The summed E-state index contributed by atoms with van der Waals surface area (Å²) in [6.07, 6.45) is 1.56. The van der Waals surface area contributed by atoms with E-state index in [1.54, 1.807) is 11.1 Å². The number of carbonyl (C=O) groups excluding carboxylic acids is 1. The Balaban J connectivity index is 1.47. The average molecular weight is 429 g/mol. The lowest BCUT2D eigenvalue weighted by molar-refractivity contribution is 0.0638. The third-order valence-corrected chi connectivity index (χ3v) is 6.14. The van der Waals surface area contributed by atoms with Gasteiger partial charge in [-0.05, 0) is 37.3 Å². The smallest absolute Gasteiger partial charge is 0.254 e. The number of pyridine rings is 1. The molecule has 0 fully saturated rings. The summed E-state index contributed by atoms with van der Waals surface area (Å²) in [7, 11) is 0. The van der Waals surface area contributed by atoms with Gasteiger partial charge in [0.1, 0.15) is 5.82 Å². The van der Waals surface area contributed by atoms with Crippen LogP contribution in [0.4, 0.5) is 4.39 Å². The lowest BCUT2D eigenvalue weighted by atomic mass is 10.1. The van der Waals surface area contributed by atoms with E-state index in [9.17, 15) is 9.18 Å². The zero-order valence-corrected chi connectivity index (χ0v) is 16.8. The van der Waals surface area contributed by atoms with Crippen LogP contribution in [0, 0.1) is 5.82 Å². The van der Waals surface area contributed by atoms with E-state index in [1.165, 1.54) is 35.6 Å². The van der Waals surface area contributed by atoms with Crippen LogP contribution in [-0.2, 0) is 6.54 Å². The van der Waals surface area contributed by atoms with Crippen molar-refractivity contribution in [3.8, 4) is 10.8 Å². The first kappa shape index (κ1) is 18.1. The number of halogens is 2. The highest BCUT2D eigenvalue weighted by Gasteiger charge is 2.32. The minimum absolute atomic E-state index is 0.160. The topological polar surface area (TPSA) is 76.8 Å². The van der Waals surface area contributed by atoms with Gasteiger partial charge in [0.25, 0.3) is 5.91 Å². The van der Waals surface area contributed by atoms with Gasteiger partial charge in [-0.1, -0.05) is 11.6 Å². The van der Waals surface area contributed by atoms with Crippen LogP contribution in [0.15, 0.2) is 36.5 Å². The number of fused-ring (bicyclic) bond motifs is 2. The minimum atomic E-state index is -0.371. The summed E-state index contributed by atoms with van der Waals surface area (Å²) in [6, 6.07) is 7.11. The van der Waals surface area contributed by atoms with Crippen molar-refractivity contribution in [3.05, 3.63) is 58.8 Å². The summed E-state index contributed by atoms with van der Waals surface area (Å²) < 4.78 is 16.0. The summed E-state index contributed by atoms with van der Waals surface area (Å²) in [6.45, 7) is 2.94. The molecule has 29 heavy (non-hydrogen) atoms. The number of amides is 1. The molecular formula is C19H14ClFN6OS. The summed E-state index contributed by atoms with van der Waals surface area (Å²) in [5, 5.41) is 9.91. The molecule has 1 aliphatic heterocycles. The quantitative estimate of drug-likeness (QED) is 0.483. The molecule has 0 saturated carbocycles. The Hall–Kier alpha value is -2.91. The Bertz CT molecular complexity index is 1240. The molecule has 0 saturated heterocycles. The van der Waals surface area contributed by atoms with E-state index in [0.29, 0.717) is 46.0 Å². The van der Waals surface area contributed by atoms with Crippen LogP contribution in [0.25, 0.3) is 21.2 Å². The van der Waals surface area contributed by atoms with E-state index >= 15 is 0 Å². The fourth-order valence-corrected chi connectivity index (χ4v) is 4.65. The fraction of sp³-hybridized carbons (Fsp3) is 0.211. The summed E-state index contributed by atoms with van der Waals surface area (Å²) >= 11 is 7.47. The van der Waals surface area contributed by atoms with Crippen molar-refractivity contribution >= 4 is 39.2 Å².